The second kappa shape index (κ2) is 13.2. The van der Waals surface area contributed by atoms with Crippen LogP contribution in [0, 0.1) is 6.92 Å². The number of aliphatic hydroxyl groups is 4. The summed E-state index contributed by atoms with van der Waals surface area (Å²) in [7, 11) is 0. The van der Waals surface area contributed by atoms with Gasteiger partial charge in [0.1, 0.15) is 18.8 Å². The second-order valence-corrected chi connectivity index (χ2v) is 9.71. The number of hydrogen-bond donors (Lipinski definition) is 5. The third kappa shape index (κ3) is 6.89. The van der Waals surface area contributed by atoms with E-state index in [9.17, 15) is 30.0 Å². The van der Waals surface area contributed by atoms with Crippen LogP contribution in [0.15, 0.2) is 42.5 Å². The van der Waals surface area contributed by atoms with Crippen LogP contribution < -0.4 is 10.4 Å². The third-order valence-corrected chi connectivity index (χ3v) is 6.52. The van der Waals surface area contributed by atoms with Crippen molar-refractivity contribution < 1.29 is 34.9 Å². The maximum Gasteiger partial charge on any atom is 0.253 e. The lowest BCUT2D eigenvalue weighted by molar-refractivity contribution is -0.174. The van der Waals surface area contributed by atoms with Crippen molar-refractivity contribution in [3.8, 4) is 0 Å². The number of nitrogens with one attached hydrogen (secondary N) is 1. The molecule has 0 radical (unpaired) electrons. The van der Waals surface area contributed by atoms with E-state index in [0.717, 1.165) is 30.5 Å². The first kappa shape index (κ1) is 29.5. The number of amides is 2. The van der Waals surface area contributed by atoms with Gasteiger partial charge in [0, 0.05) is 30.8 Å². The zero-order chi connectivity index (χ0) is 27.9. The number of para-hydroxylation sites is 1. The maximum absolute atomic E-state index is 13.3. The predicted octanol–water partition coefficient (Wildman–Crippen LogP) is 1.38. The van der Waals surface area contributed by atoms with Gasteiger partial charge < -0.3 is 30.6 Å². The van der Waals surface area contributed by atoms with Crippen LogP contribution in [0.4, 0.5) is 5.69 Å². The largest absolute Gasteiger partial charge is 0.394 e. The van der Waals surface area contributed by atoms with Crippen molar-refractivity contribution >= 4 is 17.5 Å². The van der Waals surface area contributed by atoms with E-state index in [4.69, 9.17) is 4.84 Å². The second-order valence-electron chi connectivity index (χ2n) is 9.71. The molecule has 1 aliphatic rings. The number of hydroxylamine groups is 1. The quantitative estimate of drug-likeness (QED) is 0.245. The van der Waals surface area contributed by atoms with Gasteiger partial charge in [0.15, 0.2) is 5.72 Å². The lowest BCUT2D eigenvalue weighted by Gasteiger charge is -2.36. The zero-order valence-electron chi connectivity index (χ0n) is 22.3. The molecule has 208 valence electrons. The molecule has 0 saturated heterocycles. The molecule has 3 rings (SSSR count). The smallest absolute Gasteiger partial charge is 0.253 e. The van der Waals surface area contributed by atoms with Crippen molar-refractivity contribution in [3.63, 3.8) is 0 Å². The van der Waals surface area contributed by atoms with E-state index in [1.54, 1.807) is 29.0 Å². The number of aliphatic hydroxyl groups excluding tert-OH is 3. The molecule has 38 heavy (non-hydrogen) atoms. The summed E-state index contributed by atoms with van der Waals surface area (Å²) in [5.74, 6) is -0.981. The number of carbonyl (C=O) groups is 2. The maximum atomic E-state index is 13.3. The van der Waals surface area contributed by atoms with Crippen LogP contribution in [0.5, 0.6) is 0 Å². The minimum Gasteiger partial charge on any atom is -0.394 e. The fraction of sp³-hybridized carbons (Fsp3) is 0.500. The van der Waals surface area contributed by atoms with Crippen LogP contribution in [-0.2, 0) is 11.3 Å². The van der Waals surface area contributed by atoms with E-state index in [1.807, 2.05) is 38.1 Å². The molecule has 2 aromatic rings. The molecule has 0 fully saturated rings. The van der Waals surface area contributed by atoms with E-state index in [1.165, 1.54) is 6.07 Å². The molecule has 0 aliphatic carbocycles. The van der Waals surface area contributed by atoms with Crippen LogP contribution in [0.2, 0.25) is 0 Å². The Balaban J connectivity index is 1.83. The Kier molecular flexibility index (Phi) is 10.2. The van der Waals surface area contributed by atoms with Gasteiger partial charge in [0.2, 0.25) is 0 Å². The van der Waals surface area contributed by atoms with Gasteiger partial charge in [-0.3, -0.25) is 19.5 Å². The van der Waals surface area contributed by atoms with Gasteiger partial charge in [-0.15, -0.1) is 0 Å². The fourth-order valence-electron chi connectivity index (χ4n) is 4.58. The number of carbonyl (C=O) groups excluding carboxylic acids is 2. The molecule has 0 aromatic heterocycles. The van der Waals surface area contributed by atoms with Crippen molar-refractivity contribution in [2.45, 2.75) is 58.0 Å². The van der Waals surface area contributed by atoms with E-state index in [0.29, 0.717) is 30.8 Å². The van der Waals surface area contributed by atoms with Crippen molar-refractivity contribution in [1.29, 1.82) is 0 Å². The zero-order valence-corrected chi connectivity index (χ0v) is 22.3. The highest BCUT2D eigenvalue weighted by molar-refractivity contribution is 6.00. The standard InChI is InChI=1S/C28H39N3O7/c1-4-11-30(12-5-2)27(36)22-15-19(3)14-21(16-22)26(35)29-28(37,25(34)24(33)17-32)18-38-31-13-10-20-8-6-7-9-23(20)31/h6-9,14-16,24-25,32-34,37H,4-5,10-13,17-18H2,1-3H3,(H,29,35)/t24-,25+,28+/m1/s1. The van der Waals surface area contributed by atoms with Crippen LogP contribution in [0.25, 0.3) is 0 Å². The first-order chi connectivity index (χ1) is 18.1. The Labute approximate surface area is 223 Å². The molecule has 2 amide bonds. The minimum absolute atomic E-state index is 0.0944. The molecule has 1 aliphatic heterocycles. The summed E-state index contributed by atoms with van der Waals surface area (Å²) in [4.78, 5) is 33.9. The van der Waals surface area contributed by atoms with Crippen molar-refractivity contribution in [2.75, 3.05) is 37.9 Å². The first-order valence-corrected chi connectivity index (χ1v) is 13.0. The van der Waals surface area contributed by atoms with Crippen LogP contribution in [-0.4, -0.2) is 87.9 Å². The van der Waals surface area contributed by atoms with Gasteiger partial charge in [-0.05, 0) is 61.6 Å². The molecule has 10 heteroatoms. The number of rotatable bonds is 13. The summed E-state index contributed by atoms with van der Waals surface area (Å²) in [6.45, 7) is 5.94. The monoisotopic (exact) mass is 529 g/mol. The Morgan fingerprint density at radius 3 is 2.42 bits per heavy atom. The Morgan fingerprint density at radius 1 is 1.11 bits per heavy atom. The normalized spacial score (nSPS) is 15.9. The SMILES string of the molecule is CCCN(CCC)C(=O)c1cc(C)cc(C(=O)N[C@](O)(CON2CCc3ccccc32)[C@@H](O)[C@H](O)CO)c1. The highest BCUT2D eigenvalue weighted by atomic mass is 16.7. The first-order valence-electron chi connectivity index (χ1n) is 13.0. The van der Waals surface area contributed by atoms with Crippen molar-refractivity contribution in [1.82, 2.24) is 10.2 Å². The summed E-state index contributed by atoms with van der Waals surface area (Å²) in [6.07, 6.45) is -1.41. The number of benzene rings is 2. The summed E-state index contributed by atoms with van der Waals surface area (Å²) in [6, 6.07) is 12.3. The van der Waals surface area contributed by atoms with Gasteiger partial charge in [-0.1, -0.05) is 32.0 Å². The van der Waals surface area contributed by atoms with Gasteiger partial charge in [-0.2, -0.15) is 0 Å². The lowest BCUT2D eigenvalue weighted by atomic mass is 10.00. The average Bonchev–Trinajstić information content (AvgIpc) is 3.33. The van der Waals surface area contributed by atoms with Gasteiger partial charge in [0.05, 0.1) is 12.3 Å². The number of anilines is 1. The summed E-state index contributed by atoms with van der Waals surface area (Å²) in [5, 5.41) is 45.3. The predicted molar refractivity (Wildman–Crippen MR) is 143 cm³/mol. The molecular weight excluding hydrogens is 490 g/mol. The van der Waals surface area contributed by atoms with Crippen LogP contribution >= 0.6 is 0 Å². The topological polar surface area (TPSA) is 143 Å². The van der Waals surface area contributed by atoms with Gasteiger partial charge in [-0.25, -0.2) is 0 Å². The average molecular weight is 530 g/mol. The van der Waals surface area contributed by atoms with E-state index in [-0.39, 0.29) is 11.5 Å². The number of aryl methyl sites for hydroxylation is 1. The molecule has 0 bridgehead atoms. The van der Waals surface area contributed by atoms with Gasteiger partial charge >= 0.3 is 0 Å². The molecule has 2 aromatic carbocycles. The molecule has 0 unspecified atom stereocenters. The highest BCUT2D eigenvalue weighted by Gasteiger charge is 2.43. The Morgan fingerprint density at radius 2 is 1.76 bits per heavy atom. The Hall–Kier alpha value is -3.02. The Bertz CT molecular complexity index is 1110. The summed E-state index contributed by atoms with van der Waals surface area (Å²) in [5.41, 5.74) is 0.482. The van der Waals surface area contributed by atoms with Crippen LogP contribution in [0.1, 0.15) is 58.5 Å². The number of hydrogen-bond acceptors (Lipinski definition) is 8. The molecule has 0 spiro atoms. The highest BCUT2D eigenvalue weighted by Crippen LogP contribution is 2.28. The fourth-order valence-corrected chi connectivity index (χ4v) is 4.58. The molecule has 0 saturated carbocycles. The lowest BCUT2D eigenvalue weighted by Crippen LogP contribution is -2.64. The third-order valence-electron chi connectivity index (χ3n) is 6.52. The molecule has 10 nitrogen and oxygen atoms in total. The summed E-state index contributed by atoms with van der Waals surface area (Å²) < 4.78 is 0. The van der Waals surface area contributed by atoms with Crippen molar-refractivity contribution in [3.05, 3.63) is 64.7 Å². The van der Waals surface area contributed by atoms with E-state index in [2.05, 4.69) is 5.32 Å². The minimum atomic E-state index is -2.46. The summed E-state index contributed by atoms with van der Waals surface area (Å²) >= 11 is 0. The molecular formula is C28H39N3O7. The molecule has 5 N–H and O–H groups in total. The van der Waals surface area contributed by atoms with E-state index < -0.39 is 37.1 Å². The van der Waals surface area contributed by atoms with Gasteiger partial charge in [0.25, 0.3) is 11.8 Å². The van der Waals surface area contributed by atoms with E-state index >= 15 is 0 Å². The molecule has 3 atom stereocenters. The number of nitrogens with zero attached hydrogens (tertiary/aromatic N) is 2. The van der Waals surface area contributed by atoms with Crippen LogP contribution in [0.3, 0.4) is 0 Å². The number of fused-ring (bicyclic) bond motifs is 1. The van der Waals surface area contributed by atoms with Crippen molar-refractivity contribution in [2.24, 2.45) is 0 Å². The molecule has 1 heterocycles.